The zero-order valence-electron chi connectivity index (χ0n) is 23.6. The molecule has 0 saturated carbocycles. The van der Waals surface area contributed by atoms with Crippen molar-refractivity contribution in [1.82, 2.24) is 9.97 Å². The summed E-state index contributed by atoms with van der Waals surface area (Å²) < 4.78 is 12.2. The molecule has 0 unspecified atom stereocenters. The van der Waals surface area contributed by atoms with E-state index in [2.05, 4.69) is 30.9 Å². The number of ether oxygens (including phenoxy) is 2. The highest BCUT2D eigenvalue weighted by atomic mass is 16.6. The largest absolute Gasteiger partial charge is 0.461 e. The maximum atomic E-state index is 13.5. The lowest BCUT2D eigenvalue weighted by atomic mass is 9.82. The van der Waals surface area contributed by atoms with Gasteiger partial charge in [0.25, 0.3) is 0 Å². The summed E-state index contributed by atoms with van der Waals surface area (Å²) in [7, 11) is 0. The van der Waals surface area contributed by atoms with Crippen LogP contribution in [-0.2, 0) is 14.3 Å². The van der Waals surface area contributed by atoms with Crippen LogP contribution in [0.2, 0.25) is 0 Å². The second kappa shape index (κ2) is 10.4. The lowest BCUT2D eigenvalue weighted by Crippen LogP contribution is -2.39. The van der Waals surface area contributed by atoms with Crippen LogP contribution in [0.4, 0.5) is 5.69 Å². The van der Waals surface area contributed by atoms with E-state index in [0.717, 1.165) is 65.0 Å². The molecule has 1 aliphatic rings. The van der Waals surface area contributed by atoms with Gasteiger partial charge in [-0.05, 0) is 71.9 Å². The van der Waals surface area contributed by atoms with E-state index in [1.807, 2.05) is 72.0 Å². The highest BCUT2D eigenvalue weighted by Crippen LogP contribution is 2.43. The van der Waals surface area contributed by atoms with Crippen molar-refractivity contribution in [3.8, 4) is 11.3 Å². The molecule has 1 saturated heterocycles. The fourth-order valence-corrected chi connectivity index (χ4v) is 4.87. The zero-order valence-corrected chi connectivity index (χ0v) is 23.6. The lowest BCUT2D eigenvalue weighted by Gasteiger charge is -2.41. The van der Waals surface area contributed by atoms with Gasteiger partial charge < -0.3 is 14.4 Å². The van der Waals surface area contributed by atoms with E-state index in [4.69, 9.17) is 19.4 Å². The van der Waals surface area contributed by atoms with Gasteiger partial charge in [-0.15, -0.1) is 0 Å². The number of aryl methyl sites for hydroxylation is 1. The highest BCUT2D eigenvalue weighted by Gasteiger charge is 2.37. The summed E-state index contributed by atoms with van der Waals surface area (Å²) in [4.78, 5) is 25.7. The smallest absolute Gasteiger partial charge is 0.340 e. The number of para-hydroxylation sites is 1. The van der Waals surface area contributed by atoms with Gasteiger partial charge in [-0.2, -0.15) is 0 Å². The Hall–Kier alpha value is -2.99. The van der Waals surface area contributed by atoms with Gasteiger partial charge in [-0.1, -0.05) is 38.1 Å². The van der Waals surface area contributed by atoms with Gasteiger partial charge >= 0.3 is 5.97 Å². The second-order valence-corrected chi connectivity index (χ2v) is 12.2. The Bertz CT molecular complexity index is 1270. The Kier molecular flexibility index (Phi) is 7.61. The van der Waals surface area contributed by atoms with Crippen molar-refractivity contribution in [2.45, 2.75) is 86.0 Å². The molecular weight excluding hydrogens is 462 g/mol. The summed E-state index contributed by atoms with van der Waals surface area (Å²) in [5.41, 5.74) is 4.89. The third-order valence-electron chi connectivity index (χ3n) is 6.89. The molecule has 0 amide bonds. The van der Waals surface area contributed by atoms with Crippen LogP contribution in [0.1, 0.15) is 78.7 Å². The number of rotatable bonds is 6. The van der Waals surface area contributed by atoms with Crippen molar-refractivity contribution in [3.63, 3.8) is 0 Å². The van der Waals surface area contributed by atoms with Crippen LogP contribution in [0.5, 0.6) is 0 Å². The van der Waals surface area contributed by atoms with Crippen LogP contribution in [0.15, 0.2) is 42.6 Å². The SMILES string of the molecule is Cc1ncc(-c2ccc3ccccc3n2)c(N2CCC(C)(C)CC2)c1[C@H](OC(C)(C)C)C(=O)OC(C)C. The molecule has 1 aliphatic heterocycles. The predicted molar refractivity (Wildman–Crippen MR) is 150 cm³/mol. The van der Waals surface area contributed by atoms with E-state index in [-0.39, 0.29) is 11.5 Å². The molecule has 6 nitrogen and oxygen atoms in total. The minimum Gasteiger partial charge on any atom is -0.461 e. The number of carbonyl (C=O) groups excluding carboxylic acids is 1. The first kappa shape index (κ1) is 27.1. The van der Waals surface area contributed by atoms with Crippen molar-refractivity contribution in [2.75, 3.05) is 18.0 Å². The van der Waals surface area contributed by atoms with Crippen LogP contribution in [0.3, 0.4) is 0 Å². The predicted octanol–water partition coefficient (Wildman–Crippen LogP) is 7.04. The topological polar surface area (TPSA) is 64.5 Å². The number of hydrogen-bond acceptors (Lipinski definition) is 6. The molecule has 1 fully saturated rings. The van der Waals surface area contributed by atoms with E-state index >= 15 is 0 Å². The van der Waals surface area contributed by atoms with Crippen LogP contribution in [0, 0.1) is 12.3 Å². The number of benzene rings is 1. The zero-order chi connectivity index (χ0) is 27.0. The summed E-state index contributed by atoms with van der Waals surface area (Å²) in [6.07, 6.45) is 2.85. The Morgan fingerprint density at radius 3 is 2.38 bits per heavy atom. The van der Waals surface area contributed by atoms with Gasteiger partial charge in [0.05, 0.1) is 28.6 Å². The maximum absolute atomic E-state index is 13.5. The van der Waals surface area contributed by atoms with E-state index in [9.17, 15) is 4.79 Å². The number of nitrogens with zero attached hydrogens (tertiary/aromatic N) is 3. The third kappa shape index (κ3) is 6.30. The number of piperidine rings is 1. The molecule has 0 N–H and O–H groups in total. The number of pyridine rings is 2. The third-order valence-corrected chi connectivity index (χ3v) is 6.89. The van der Waals surface area contributed by atoms with Gasteiger partial charge in [0.15, 0.2) is 6.10 Å². The first-order chi connectivity index (χ1) is 17.3. The number of fused-ring (bicyclic) bond motifs is 1. The Morgan fingerprint density at radius 2 is 1.73 bits per heavy atom. The number of hydrogen-bond donors (Lipinski definition) is 0. The lowest BCUT2D eigenvalue weighted by molar-refractivity contribution is -0.171. The molecule has 4 rings (SSSR count). The Balaban J connectivity index is 1.94. The van der Waals surface area contributed by atoms with Crippen molar-refractivity contribution in [1.29, 1.82) is 0 Å². The van der Waals surface area contributed by atoms with Crippen LogP contribution in [0.25, 0.3) is 22.2 Å². The van der Waals surface area contributed by atoms with Gasteiger partial charge in [-0.25, -0.2) is 9.78 Å². The highest BCUT2D eigenvalue weighted by molar-refractivity contribution is 5.88. The number of aromatic nitrogens is 2. The van der Waals surface area contributed by atoms with Crippen molar-refractivity contribution < 1.29 is 14.3 Å². The van der Waals surface area contributed by atoms with Gasteiger partial charge in [0, 0.05) is 41.5 Å². The molecule has 3 heterocycles. The summed E-state index contributed by atoms with van der Waals surface area (Å²) >= 11 is 0. The summed E-state index contributed by atoms with van der Waals surface area (Å²) in [5.74, 6) is -0.392. The Labute approximate surface area is 221 Å². The Morgan fingerprint density at radius 1 is 1.05 bits per heavy atom. The molecule has 0 aliphatic carbocycles. The number of anilines is 1. The number of carbonyl (C=O) groups is 1. The molecule has 2 aromatic heterocycles. The first-order valence-corrected chi connectivity index (χ1v) is 13.3. The molecule has 37 heavy (non-hydrogen) atoms. The second-order valence-electron chi connectivity index (χ2n) is 12.2. The minimum atomic E-state index is -0.903. The average molecular weight is 504 g/mol. The van der Waals surface area contributed by atoms with Crippen LogP contribution < -0.4 is 4.90 Å². The molecule has 198 valence electrons. The summed E-state index contributed by atoms with van der Waals surface area (Å²) in [6, 6.07) is 12.2. The van der Waals surface area contributed by atoms with Gasteiger partial charge in [0.1, 0.15) is 0 Å². The van der Waals surface area contributed by atoms with E-state index in [0.29, 0.717) is 0 Å². The fraction of sp³-hybridized carbons (Fsp3) is 0.516. The molecule has 1 atom stereocenters. The molecule has 6 heteroatoms. The van der Waals surface area contributed by atoms with Crippen LogP contribution >= 0.6 is 0 Å². The first-order valence-electron chi connectivity index (χ1n) is 13.3. The normalized spacial score (nSPS) is 16.7. The summed E-state index contributed by atoms with van der Waals surface area (Å²) in [5, 5.41) is 1.09. The summed E-state index contributed by atoms with van der Waals surface area (Å²) in [6.45, 7) is 18.0. The van der Waals surface area contributed by atoms with E-state index < -0.39 is 17.7 Å². The molecule has 3 aromatic rings. The average Bonchev–Trinajstić information content (AvgIpc) is 2.81. The van der Waals surface area contributed by atoms with Gasteiger partial charge in [-0.3, -0.25) is 4.98 Å². The van der Waals surface area contributed by atoms with Gasteiger partial charge in [0.2, 0.25) is 0 Å². The monoisotopic (exact) mass is 503 g/mol. The fourth-order valence-electron chi connectivity index (χ4n) is 4.87. The molecule has 0 radical (unpaired) electrons. The standard InChI is InChI=1S/C31H41N3O3/c1-20(2)36-29(35)28(37-30(4,5)6)26-21(3)32-19-23(27(26)34-17-15-31(7,8)16-18-34)25-14-13-22-11-9-10-12-24(22)33-25/h9-14,19-20,28H,15-18H2,1-8H3/t28-/m0/s1. The quantitative estimate of drug-likeness (QED) is 0.336. The van der Waals surface area contributed by atoms with Crippen LogP contribution in [-0.4, -0.2) is 40.7 Å². The van der Waals surface area contributed by atoms with E-state index in [1.165, 1.54) is 0 Å². The molecule has 0 spiro atoms. The maximum Gasteiger partial charge on any atom is 0.340 e. The van der Waals surface area contributed by atoms with Crippen molar-refractivity contribution >= 4 is 22.6 Å². The minimum absolute atomic E-state index is 0.253. The van der Waals surface area contributed by atoms with Crippen molar-refractivity contribution in [3.05, 3.63) is 53.9 Å². The van der Waals surface area contributed by atoms with E-state index in [1.54, 1.807) is 0 Å². The molecular formula is C31H41N3O3. The molecule has 0 bridgehead atoms. The molecule has 1 aromatic carbocycles. The number of esters is 1. The van der Waals surface area contributed by atoms with Crippen molar-refractivity contribution in [2.24, 2.45) is 5.41 Å².